The first kappa shape index (κ1) is 14.5. The second kappa shape index (κ2) is 5.72. The molecule has 0 radical (unpaired) electrons. The van der Waals surface area contributed by atoms with Gasteiger partial charge < -0.3 is 5.73 Å². The van der Waals surface area contributed by atoms with E-state index in [-0.39, 0.29) is 4.21 Å². The van der Waals surface area contributed by atoms with Crippen LogP contribution in [-0.4, -0.2) is 19.9 Å². The fourth-order valence-electron chi connectivity index (χ4n) is 1.86. The summed E-state index contributed by atoms with van der Waals surface area (Å²) < 4.78 is 28.4. The summed E-state index contributed by atoms with van der Waals surface area (Å²) in [5.41, 5.74) is 6.27. The van der Waals surface area contributed by atoms with Gasteiger partial charge in [-0.1, -0.05) is 23.5 Å². The molecule has 3 aromatic rings. The van der Waals surface area contributed by atoms with Crippen LogP contribution in [0.25, 0.3) is 10.2 Å². The average molecular weight is 339 g/mol. The number of sulfonamides is 1. The minimum Gasteiger partial charge on any atom is -0.330 e. The molecular formula is C13H13N3O2S3. The normalized spacial score (nSPS) is 11.9. The van der Waals surface area contributed by atoms with Gasteiger partial charge in [-0.15, -0.1) is 11.3 Å². The third-order valence-corrected chi connectivity index (χ3v) is 6.86. The van der Waals surface area contributed by atoms with Gasteiger partial charge in [0, 0.05) is 4.88 Å². The standard InChI is InChI=1S/C13H13N3O2S3/c14-8-7-9-5-6-12(19-9)21(17,18)16-13-15-10-3-1-2-4-11(10)20-13/h1-6H,7-8,14H2,(H,15,16). The van der Waals surface area contributed by atoms with Crippen LogP contribution in [0.1, 0.15) is 4.88 Å². The van der Waals surface area contributed by atoms with Crippen LogP contribution in [0.4, 0.5) is 5.13 Å². The lowest BCUT2D eigenvalue weighted by molar-refractivity contribution is 0.603. The Morgan fingerprint density at radius 2 is 1.95 bits per heavy atom. The Bertz CT molecular complexity index is 835. The zero-order valence-corrected chi connectivity index (χ0v) is 13.4. The van der Waals surface area contributed by atoms with Gasteiger partial charge in [0.05, 0.1) is 10.2 Å². The summed E-state index contributed by atoms with van der Waals surface area (Å²) in [6, 6.07) is 10.9. The van der Waals surface area contributed by atoms with E-state index < -0.39 is 10.0 Å². The first-order valence-corrected chi connectivity index (χ1v) is 9.37. The third-order valence-electron chi connectivity index (χ3n) is 2.81. The summed E-state index contributed by atoms with van der Waals surface area (Å²) in [5, 5.41) is 0.380. The van der Waals surface area contributed by atoms with Crippen LogP contribution in [0.3, 0.4) is 0 Å². The van der Waals surface area contributed by atoms with Gasteiger partial charge in [0.25, 0.3) is 10.0 Å². The second-order valence-corrected chi connectivity index (χ2v) is 8.46. The van der Waals surface area contributed by atoms with Crippen LogP contribution in [0, 0.1) is 0 Å². The summed E-state index contributed by atoms with van der Waals surface area (Å²) in [6.45, 7) is 0.505. The van der Waals surface area contributed by atoms with E-state index in [1.807, 2.05) is 24.3 Å². The smallest absolute Gasteiger partial charge is 0.273 e. The second-order valence-electron chi connectivity index (χ2n) is 4.35. The number of rotatable bonds is 5. The number of fused-ring (bicyclic) bond motifs is 1. The van der Waals surface area contributed by atoms with Crippen molar-refractivity contribution < 1.29 is 8.42 Å². The lowest BCUT2D eigenvalue weighted by Crippen LogP contribution is -2.11. The van der Waals surface area contributed by atoms with Crippen molar-refractivity contribution in [1.29, 1.82) is 0 Å². The highest BCUT2D eigenvalue weighted by Gasteiger charge is 2.18. The molecule has 0 amide bonds. The number of benzene rings is 1. The molecule has 8 heteroatoms. The van der Waals surface area contributed by atoms with E-state index >= 15 is 0 Å². The van der Waals surface area contributed by atoms with E-state index in [9.17, 15) is 8.42 Å². The Labute approximate surface area is 130 Å². The molecule has 3 rings (SSSR count). The molecule has 0 aliphatic carbocycles. The van der Waals surface area contributed by atoms with Crippen molar-refractivity contribution in [2.24, 2.45) is 5.73 Å². The number of hydrogen-bond acceptors (Lipinski definition) is 6. The van der Waals surface area contributed by atoms with Crippen molar-refractivity contribution in [3.05, 3.63) is 41.3 Å². The van der Waals surface area contributed by atoms with Gasteiger partial charge in [0.15, 0.2) is 5.13 Å². The summed E-state index contributed by atoms with van der Waals surface area (Å²) in [6.07, 6.45) is 0.682. The van der Waals surface area contributed by atoms with Crippen LogP contribution in [-0.2, 0) is 16.4 Å². The molecule has 0 atom stereocenters. The van der Waals surface area contributed by atoms with Crippen LogP contribution < -0.4 is 10.5 Å². The highest BCUT2D eigenvalue weighted by atomic mass is 32.2. The Morgan fingerprint density at radius 1 is 1.14 bits per heavy atom. The number of aromatic nitrogens is 1. The largest absolute Gasteiger partial charge is 0.330 e. The lowest BCUT2D eigenvalue weighted by Gasteiger charge is -2.01. The predicted octanol–water partition coefficient (Wildman–Crippen LogP) is 2.66. The molecule has 0 bridgehead atoms. The van der Waals surface area contributed by atoms with Crippen molar-refractivity contribution >= 4 is 48.0 Å². The number of para-hydroxylation sites is 1. The summed E-state index contributed by atoms with van der Waals surface area (Å²) in [7, 11) is -3.58. The number of nitrogens with zero attached hydrogens (tertiary/aromatic N) is 1. The highest BCUT2D eigenvalue weighted by Crippen LogP contribution is 2.29. The van der Waals surface area contributed by atoms with E-state index in [0.29, 0.717) is 18.1 Å². The van der Waals surface area contributed by atoms with Gasteiger partial charge in [0.1, 0.15) is 4.21 Å². The molecule has 110 valence electrons. The van der Waals surface area contributed by atoms with E-state index in [0.717, 1.165) is 15.1 Å². The zero-order chi connectivity index (χ0) is 14.9. The van der Waals surface area contributed by atoms with Gasteiger partial charge in [-0.2, -0.15) is 0 Å². The minimum absolute atomic E-state index is 0.283. The Hall–Kier alpha value is -1.48. The maximum Gasteiger partial charge on any atom is 0.273 e. The van der Waals surface area contributed by atoms with Crippen LogP contribution in [0.15, 0.2) is 40.6 Å². The molecule has 0 unspecified atom stereocenters. The molecule has 0 fully saturated rings. The first-order valence-electron chi connectivity index (χ1n) is 6.26. The Kier molecular flexibility index (Phi) is 3.94. The topological polar surface area (TPSA) is 85.1 Å². The molecule has 21 heavy (non-hydrogen) atoms. The van der Waals surface area contributed by atoms with Crippen molar-refractivity contribution in [3.8, 4) is 0 Å². The van der Waals surface area contributed by atoms with Gasteiger partial charge >= 0.3 is 0 Å². The number of nitrogens with two attached hydrogens (primary N) is 1. The maximum absolute atomic E-state index is 12.3. The Balaban J connectivity index is 1.87. The average Bonchev–Trinajstić information content (AvgIpc) is 3.04. The molecule has 3 N–H and O–H groups in total. The van der Waals surface area contributed by atoms with Gasteiger partial charge in [-0.3, -0.25) is 4.72 Å². The summed E-state index contributed by atoms with van der Waals surface area (Å²) in [5.74, 6) is 0. The molecule has 5 nitrogen and oxygen atoms in total. The molecule has 2 aromatic heterocycles. The van der Waals surface area contributed by atoms with Crippen molar-refractivity contribution in [3.63, 3.8) is 0 Å². The molecule has 2 heterocycles. The molecule has 0 saturated heterocycles. The number of nitrogens with one attached hydrogen (secondary N) is 1. The molecule has 1 aromatic carbocycles. The van der Waals surface area contributed by atoms with Gasteiger partial charge in [-0.25, -0.2) is 13.4 Å². The van der Waals surface area contributed by atoms with Gasteiger partial charge in [-0.05, 0) is 37.2 Å². The SMILES string of the molecule is NCCc1ccc(S(=O)(=O)Nc2nc3ccccc3s2)s1. The van der Waals surface area contributed by atoms with Crippen molar-refractivity contribution in [2.75, 3.05) is 11.3 Å². The van der Waals surface area contributed by atoms with Crippen LogP contribution >= 0.6 is 22.7 Å². The summed E-state index contributed by atoms with van der Waals surface area (Å²) in [4.78, 5) is 5.24. The zero-order valence-electron chi connectivity index (χ0n) is 10.9. The lowest BCUT2D eigenvalue weighted by atomic mass is 10.3. The van der Waals surface area contributed by atoms with Crippen molar-refractivity contribution in [1.82, 2.24) is 4.98 Å². The number of thiazole rings is 1. The fraction of sp³-hybridized carbons (Fsp3) is 0.154. The molecule has 0 aliphatic heterocycles. The van der Waals surface area contributed by atoms with Gasteiger partial charge in [0.2, 0.25) is 0 Å². The number of hydrogen-bond donors (Lipinski definition) is 2. The van der Waals surface area contributed by atoms with Crippen LogP contribution in [0.5, 0.6) is 0 Å². The van der Waals surface area contributed by atoms with Crippen molar-refractivity contribution in [2.45, 2.75) is 10.6 Å². The first-order chi connectivity index (χ1) is 10.1. The van der Waals surface area contributed by atoms with E-state index in [1.165, 1.54) is 22.7 Å². The van der Waals surface area contributed by atoms with E-state index in [1.54, 1.807) is 12.1 Å². The third kappa shape index (κ3) is 3.08. The maximum atomic E-state index is 12.3. The summed E-state index contributed by atoms with van der Waals surface area (Å²) >= 11 is 2.56. The Morgan fingerprint density at radius 3 is 2.71 bits per heavy atom. The molecule has 0 spiro atoms. The fourth-order valence-corrected chi connectivity index (χ4v) is 5.33. The number of thiophene rings is 1. The molecule has 0 saturated carbocycles. The monoisotopic (exact) mass is 339 g/mol. The van der Waals surface area contributed by atoms with E-state index in [4.69, 9.17) is 5.73 Å². The van der Waals surface area contributed by atoms with Crippen LogP contribution in [0.2, 0.25) is 0 Å². The molecule has 0 aliphatic rings. The minimum atomic E-state index is -3.58. The number of anilines is 1. The highest BCUT2D eigenvalue weighted by molar-refractivity contribution is 7.94. The predicted molar refractivity (Wildman–Crippen MR) is 87.5 cm³/mol. The quantitative estimate of drug-likeness (QED) is 0.748. The molecular weight excluding hydrogens is 326 g/mol. The van der Waals surface area contributed by atoms with E-state index in [2.05, 4.69) is 9.71 Å².